The molecule has 118 valence electrons. The van der Waals surface area contributed by atoms with Crippen LogP contribution in [0.25, 0.3) is 0 Å². The Morgan fingerprint density at radius 1 is 1.43 bits per heavy atom. The van der Waals surface area contributed by atoms with Crippen molar-refractivity contribution in [2.45, 2.75) is 32.2 Å². The van der Waals surface area contributed by atoms with Crippen molar-refractivity contribution < 1.29 is 9.90 Å². The summed E-state index contributed by atoms with van der Waals surface area (Å²) in [5, 5.41) is 13.3. The summed E-state index contributed by atoms with van der Waals surface area (Å²) in [4.78, 5) is 14.7. The highest BCUT2D eigenvalue weighted by Crippen LogP contribution is 2.25. The number of nitrogens with one attached hydrogen (secondary N) is 1. The van der Waals surface area contributed by atoms with Gasteiger partial charge in [-0.1, -0.05) is 22.9 Å². The maximum Gasteiger partial charge on any atom is 0.257 e. The molecule has 0 saturated carbocycles. The van der Waals surface area contributed by atoms with Gasteiger partial charge in [0.2, 0.25) is 0 Å². The number of hydrogen-bond donors (Lipinski definition) is 2. The summed E-state index contributed by atoms with van der Waals surface area (Å²) >= 11 is 3.36. The molecule has 1 aliphatic rings. The van der Waals surface area contributed by atoms with Crippen LogP contribution >= 0.6 is 28.3 Å². The Labute approximate surface area is 140 Å². The fourth-order valence-corrected chi connectivity index (χ4v) is 3.00. The van der Waals surface area contributed by atoms with Gasteiger partial charge in [0.1, 0.15) is 5.75 Å². The van der Waals surface area contributed by atoms with E-state index in [0.29, 0.717) is 5.56 Å². The van der Waals surface area contributed by atoms with E-state index < -0.39 is 0 Å². The van der Waals surface area contributed by atoms with Gasteiger partial charge in [0.15, 0.2) is 0 Å². The van der Waals surface area contributed by atoms with Crippen molar-refractivity contribution in [3.05, 3.63) is 28.2 Å². The maximum atomic E-state index is 12.7. The Hall–Kier alpha value is -0.780. The normalized spacial score (nSPS) is 15.3. The summed E-state index contributed by atoms with van der Waals surface area (Å²) in [5.74, 6) is -0.0224. The van der Waals surface area contributed by atoms with Crippen molar-refractivity contribution in [2.75, 3.05) is 19.6 Å². The van der Waals surface area contributed by atoms with Gasteiger partial charge in [-0.15, -0.1) is 12.4 Å². The predicted octanol–water partition coefficient (Wildman–Crippen LogP) is 3.18. The average Bonchev–Trinajstić information content (AvgIpc) is 2.47. The van der Waals surface area contributed by atoms with E-state index in [1.807, 2.05) is 4.90 Å². The van der Waals surface area contributed by atoms with Crippen molar-refractivity contribution >= 4 is 34.2 Å². The highest BCUT2D eigenvalue weighted by molar-refractivity contribution is 9.10. The Morgan fingerprint density at radius 2 is 2.10 bits per heavy atom. The number of amides is 1. The lowest BCUT2D eigenvalue weighted by Gasteiger charge is -2.34. The van der Waals surface area contributed by atoms with Gasteiger partial charge in [-0.2, -0.15) is 0 Å². The molecule has 0 radical (unpaired) electrons. The lowest BCUT2D eigenvalue weighted by atomic mass is 10.0. The Kier molecular flexibility index (Phi) is 7.49. The third-order valence-electron chi connectivity index (χ3n) is 3.66. The van der Waals surface area contributed by atoms with Crippen LogP contribution in [0.4, 0.5) is 0 Å². The SMILES string of the molecule is CCCN(C(=O)c1cc(Br)ccc1O)C1CCNCC1.Cl. The van der Waals surface area contributed by atoms with E-state index in [2.05, 4.69) is 28.2 Å². The Balaban J connectivity index is 0.00000220. The summed E-state index contributed by atoms with van der Waals surface area (Å²) in [7, 11) is 0. The summed E-state index contributed by atoms with van der Waals surface area (Å²) in [5.41, 5.74) is 0.381. The molecule has 6 heteroatoms. The van der Waals surface area contributed by atoms with Crippen LogP contribution in [0.1, 0.15) is 36.5 Å². The zero-order chi connectivity index (χ0) is 14.5. The average molecular weight is 378 g/mol. The first-order valence-corrected chi connectivity index (χ1v) is 7.93. The molecule has 21 heavy (non-hydrogen) atoms. The molecule has 1 fully saturated rings. The summed E-state index contributed by atoms with van der Waals surface area (Å²) in [6.45, 7) is 4.70. The van der Waals surface area contributed by atoms with E-state index in [-0.39, 0.29) is 30.1 Å². The van der Waals surface area contributed by atoms with Gasteiger partial charge in [-0.3, -0.25) is 4.79 Å². The fraction of sp³-hybridized carbons (Fsp3) is 0.533. The number of piperidine rings is 1. The van der Waals surface area contributed by atoms with Crippen molar-refractivity contribution in [3.63, 3.8) is 0 Å². The van der Waals surface area contributed by atoms with Crippen LogP contribution in [-0.2, 0) is 0 Å². The van der Waals surface area contributed by atoms with Crippen LogP contribution in [0.2, 0.25) is 0 Å². The monoisotopic (exact) mass is 376 g/mol. The van der Waals surface area contributed by atoms with Crippen LogP contribution in [0.15, 0.2) is 22.7 Å². The van der Waals surface area contributed by atoms with Crippen molar-refractivity contribution in [3.8, 4) is 5.75 Å². The maximum absolute atomic E-state index is 12.7. The predicted molar refractivity (Wildman–Crippen MR) is 90.3 cm³/mol. The van der Waals surface area contributed by atoms with Gasteiger partial charge in [0, 0.05) is 17.1 Å². The van der Waals surface area contributed by atoms with Crippen LogP contribution in [-0.4, -0.2) is 41.6 Å². The van der Waals surface area contributed by atoms with E-state index in [1.54, 1.807) is 18.2 Å². The number of carbonyl (C=O) groups excluding carboxylic acids is 1. The number of halogens is 2. The van der Waals surface area contributed by atoms with Gasteiger partial charge in [0.05, 0.1) is 5.56 Å². The number of benzene rings is 1. The van der Waals surface area contributed by atoms with Gasteiger partial charge in [-0.25, -0.2) is 0 Å². The molecule has 2 rings (SSSR count). The number of hydrogen-bond acceptors (Lipinski definition) is 3. The van der Waals surface area contributed by atoms with Crippen LogP contribution in [0.3, 0.4) is 0 Å². The second-order valence-corrected chi connectivity index (χ2v) is 6.06. The lowest BCUT2D eigenvalue weighted by Crippen LogP contribution is -2.46. The molecular formula is C15H22BrClN2O2. The van der Waals surface area contributed by atoms with Gasteiger partial charge >= 0.3 is 0 Å². The van der Waals surface area contributed by atoms with Gasteiger partial charge in [0.25, 0.3) is 5.91 Å². The quantitative estimate of drug-likeness (QED) is 0.847. The third kappa shape index (κ3) is 4.59. The number of aromatic hydroxyl groups is 1. The zero-order valence-electron chi connectivity index (χ0n) is 12.1. The minimum absolute atomic E-state index is 0. The molecule has 1 heterocycles. The molecule has 0 spiro atoms. The van der Waals surface area contributed by atoms with E-state index in [0.717, 1.165) is 43.4 Å². The van der Waals surface area contributed by atoms with Crippen LogP contribution in [0, 0.1) is 0 Å². The Morgan fingerprint density at radius 3 is 2.71 bits per heavy atom. The molecule has 1 amide bonds. The molecule has 0 bridgehead atoms. The largest absolute Gasteiger partial charge is 0.507 e. The molecule has 1 aromatic rings. The molecule has 0 unspecified atom stereocenters. The van der Waals surface area contributed by atoms with E-state index in [9.17, 15) is 9.90 Å². The number of rotatable bonds is 4. The number of carbonyl (C=O) groups is 1. The van der Waals surface area contributed by atoms with Crippen molar-refractivity contribution in [1.29, 1.82) is 0 Å². The van der Waals surface area contributed by atoms with Gasteiger partial charge < -0.3 is 15.3 Å². The Bertz CT molecular complexity index is 479. The van der Waals surface area contributed by atoms with Crippen LogP contribution < -0.4 is 5.32 Å². The molecule has 0 atom stereocenters. The standard InChI is InChI=1S/C15H21BrN2O2.ClH/c1-2-9-18(12-5-7-17-8-6-12)15(20)13-10-11(16)3-4-14(13)19;/h3-4,10,12,17,19H,2,5-9H2,1H3;1H. The molecule has 0 aromatic heterocycles. The highest BCUT2D eigenvalue weighted by Gasteiger charge is 2.27. The summed E-state index contributed by atoms with van der Waals surface area (Å²) in [6.07, 6.45) is 2.87. The van der Waals surface area contributed by atoms with E-state index in [4.69, 9.17) is 0 Å². The molecule has 0 aliphatic carbocycles. The number of phenolic OH excluding ortho intramolecular Hbond substituents is 1. The fourth-order valence-electron chi connectivity index (χ4n) is 2.64. The zero-order valence-corrected chi connectivity index (χ0v) is 14.5. The molecule has 1 aliphatic heterocycles. The highest BCUT2D eigenvalue weighted by atomic mass is 79.9. The summed E-state index contributed by atoms with van der Waals surface area (Å²) in [6, 6.07) is 5.26. The molecular weight excluding hydrogens is 356 g/mol. The number of nitrogens with zero attached hydrogens (tertiary/aromatic N) is 1. The smallest absolute Gasteiger partial charge is 0.257 e. The first-order valence-electron chi connectivity index (χ1n) is 7.13. The minimum Gasteiger partial charge on any atom is -0.507 e. The summed E-state index contributed by atoms with van der Waals surface area (Å²) < 4.78 is 0.806. The third-order valence-corrected chi connectivity index (χ3v) is 4.16. The first kappa shape index (κ1) is 18.3. The van der Waals surface area contributed by atoms with Gasteiger partial charge in [-0.05, 0) is 50.6 Å². The molecule has 1 aromatic carbocycles. The van der Waals surface area contributed by atoms with E-state index in [1.165, 1.54) is 0 Å². The van der Waals surface area contributed by atoms with Crippen molar-refractivity contribution in [2.24, 2.45) is 0 Å². The second kappa shape index (κ2) is 8.61. The first-order chi connectivity index (χ1) is 9.63. The van der Waals surface area contributed by atoms with Crippen molar-refractivity contribution in [1.82, 2.24) is 10.2 Å². The minimum atomic E-state index is -0.0717. The molecule has 2 N–H and O–H groups in total. The van der Waals surface area contributed by atoms with Crippen LogP contribution in [0.5, 0.6) is 5.75 Å². The second-order valence-electron chi connectivity index (χ2n) is 5.14. The topological polar surface area (TPSA) is 52.6 Å². The molecule has 1 saturated heterocycles. The lowest BCUT2D eigenvalue weighted by molar-refractivity contribution is 0.0639. The molecule has 4 nitrogen and oxygen atoms in total. The van der Waals surface area contributed by atoms with E-state index >= 15 is 0 Å². The number of phenols is 1.